The zero-order valence-corrected chi connectivity index (χ0v) is 11.4. The van der Waals surface area contributed by atoms with Crippen LogP contribution in [0.2, 0.25) is 0 Å². The number of aliphatic hydroxyl groups is 1. The molecule has 0 amide bonds. The van der Waals surface area contributed by atoms with Crippen LogP contribution >= 0.6 is 0 Å². The Labute approximate surface area is 120 Å². The maximum absolute atomic E-state index is 13.5. The van der Waals surface area contributed by atoms with Crippen molar-refractivity contribution in [2.24, 2.45) is 0 Å². The summed E-state index contributed by atoms with van der Waals surface area (Å²) < 4.78 is 44.6. The molecular formula is C16H15F3O2. The summed E-state index contributed by atoms with van der Waals surface area (Å²) in [6, 6.07) is 7.57. The lowest BCUT2D eigenvalue weighted by atomic mass is 10.0. The predicted molar refractivity (Wildman–Crippen MR) is 72.7 cm³/mol. The molecule has 2 aromatic rings. The smallest absolute Gasteiger partial charge is 0.165 e. The summed E-state index contributed by atoms with van der Waals surface area (Å²) in [6.45, 7) is 0. The lowest BCUT2D eigenvalue weighted by Crippen LogP contribution is -2.15. The molecule has 2 rings (SSSR count). The fourth-order valence-electron chi connectivity index (χ4n) is 2.12. The summed E-state index contributed by atoms with van der Waals surface area (Å²) in [5, 5.41) is 9.95. The maximum Gasteiger partial charge on any atom is 0.165 e. The number of hydrogen-bond acceptors (Lipinski definition) is 2. The molecule has 0 saturated carbocycles. The van der Waals surface area contributed by atoms with Crippen LogP contribution < -0.4 is 4.74 Å². The zero-order valence-electron chi connectivity index (χ0n) is 11.4. The van der Waals surface area contributed by atoms with Crippen LogP contribution in [-0.4, -0.2) is 18.3 Å². The Morgan fingerprint density at radius 1 is 1.00 bits per heavy atom. The number of hydrogen-bond donors (Lipinski definition) is 1. The molecule has 0 saturated heterocycles. The maximum atomic E-state index is 13.5. The van der Waals surface area contributed by atoms with Gasteiger partial charge in [-0.1, -0.05) is 12.1 Å². The molecule has 0 bridgehead atoms. The lowest BCUT2D eigenvalue weighted by molar-refractivity contribution is 0.174. The first-order valence-electron chi connectivity index (χ1n) is 6.44. The Bertz CT molecular complexity index is 629. The first-order valence-corrected chi connectivity index (χ1v) is 6.44. The SMILES string of the molecule is COc1ccc(CC(O)Cc2ccc(F)cc2F)cc1F. The first kappa shape index (κ1) is 15.4. The van der Waals surface area contributed by atoms with Gasteiger partial charge in [0.05, 0.1) is 13.2 Å². The minimum absolute atomic E-state index is 0.0275. The molecule has 0 heterocycles. The molecule has 1 unspecified atom stereocenters. The van der Waals surface area contributed by atoms with Gasteiger partial charge in [-0.3, -0.25) is 0 Å². The normalized spacial score (nSPS) is 12.2. The van der Waals surface area contributed by atoms with Crippen LogP contribution in [0.3, 0.4) is 0 Å². The van der Waals surface area contributed by atoms with E-state index in [2.05, 4.69) is 0 Å². The van der Waals surface area contributed by atoms with Gasteiger partial charge in [-0.15, -0.1) is 0 Å². The number of ether oxygens (including phenoxy) is 1. The first-order chi connectivity index (χ1) is 9.99. The highest BCUT2D eigenvalue weighted by molar-refractivity contribution is 5.30. The zero-order chi connectivity index (χ0) is 15.4. The van der Waals surface area contributed by atoms with Crippen LogP contribution in [0.5, 0.6) is 5.75 Å². The summed E-state index contributed by atoms with van der Waals surface area (Å²) in [6.07, 6.45) is -0.699. The Balaban J connectivity index is 2.04. The highest BCUT2D eigenvalue weighted by Crippen LogP contribution is 2.20. The highest BCUT2D eigenvalue weighted by Gasteiger charge is 2.12. The number of methoxy groups -OCH3 is 1. The molecule has 0 spiro atoms. The average molecular weight is 296 g/mol. The summed E-state index contributed by atoms with van der Waals surface area (Å²) in [5.74, 6) is -1.76. The van der Waals surface area contributed by atoms with Crippen molar-refractivity contribution >= 4 is 0 Å². The molecule has 1 N–H and O–H groups in total. The molecule has 0 fully saturated rings. The number of benzene rings is 2. The monoisotopic (exact) mass is 296 g/mol. The van der Waals surface area contributed by atoms with E-state index in [0.717, 1.165) is 12.1 Å². The van der Waals surface area contributed by atoms with E-state index in [1.165, 1.54) is 25.3 Å². The van der Waals surface area contributed by atoms with Gasteiger partial charge >= 0.3 is 0 Å². The van der Waals surface area contributed by atoms with Crippen molar-refractivity contribution in [1.29, 1.82) is 0 Å². The third kappa shape index (κ3) is 3.98. The van der Waals surface area contributed by atoms with Crippen molar-refractivity contribution in [1.82, 2.24) is 0 Å². The Morgan fingerprint density at radius 2 is 1.76 bits per heavy atom. The molecule has 112 valence electrons. The molecular weight excluding hydrogens is 281 g/mol. The van der Waals surface area contributed by atoms with Crippen molar-refractivity contribution in [3.05, 3.63) is 65.0 Å². The molecule has 0 aromatic heterocycles. The molecule has 2 nitrogen and oxygen atoms in total. The Hall–Kier alpha value is -2.01. The quantitative estimate of drug-likeness (QED) is 0.917. The van der Waals surface area contributed by atoms with E-state index in [-0.39, 0.29) is 24.2 Å². The van der Waals surface area contributed by atoms with Crippen LogP contribution in [0.25, 0.3) is 0 Å². The van der Waals surface area contributed by atoms with E-state index in [9.17, 15) is 18.3 Å². The fraction of sp³-hybridized carbons (Fsp3) is 0.250. The minimum atomic E-state index is -0.891. The molecule has 1 atom stereocenters. The van der Waals surface area contributed by atoms with Crippen molar-refractivity contribution < 1.29 is 23.0 Å². The third-order valence-electron chi connectivity index (χ3n) is 3.16. The average Bonchev–Trinajstić information content (AvgIpc) is 2.42. The van der Waals surface area contributed by atoms with Gasteiger partial charge in [0.15, 0.2) is 11.6 Å². The van der Waals surface area contributed by atoms with Crippen LogP contribution in [0.4, 0.5) is 13.2 Å². The number of halogens is 3. The third-order valence-corrected chi connectivity index (χ3v) is 3.16. The summed E-state index contributed by atoms with van der Waals surface area (Å²) in [7, 11) is 1.37. The van der Waals surface area contributed by atoms with Gasteiger partial charge in [0.1, 0.15) is 11.6 Å². The molecule has 0 radical (unpaired) electrons. The van der Waals surface area contributed by atoms with Crippen LogP contribution in [0.15, 0.2) is 36.4 Å². The standard InChI is InChI=1S/C16H15F3O2/c1-21-16-5-2-10(7-15(16)19)6-13(20)8-11-3-4-12(17)9-14(11)18/h2-5,7,9,13,20H,6,8H2,1H3. The molecule has 2 aromatic carbocycles. The van der Waals surface area contributed by atoms with Crippen LogP contribution in [0, 0.1) is 17.5 Å². The fourth-order valence-corrected chi connectivity index (χ4v) is 2.12. The van der Waals surface area contributed by atoms with Gasteiger partial charge in [0.25, 0.3) is 0 Å². The van der Waals surface area contributed by atoms with E-state index in [1.807, 2.05) is 0 Å². The van der Waals surface area contributed by atoms with E-state index in [1.54, 1.807) is 6.07 Å². The molecule has 0 aliphatic heterocycles. The van der Waals surface area contributed by atoms with Crippen molar-refractivity contribution in [2.75, 3.05) is 7.11 Å². The van der Waals surface area contributed by atoms with E-state index in [4.69, 9.17) is 4.74 Å². The van der Waals surface area contributed by atoms with Gasteiger partial charge in [0, 0.05) is 12.5 Å². The van der Waals surface area contributed by atoms with Gasteiger partial charge in [0.2, 0.25) is 0 Å². The molecule has 0 aliphatic rings. The summed E-state index contributed by atoms with van der Waals surface area (Å²) in [5.41, 5.74) is 0.793. The van der Waals surface area contributed by atoms with Crippen LogP contribution in [-0.2, 0) is 12.8 Å². The predicted octanol–water partition coefficient (Wildman–Crippen LogP) is 3.26. The second kappa shape index (κ2) is 6.63. The van der Waals surface area contributed by atoms with Gasteiger partial charge in [-0.25, -0.2) is 13.2 Å². The molecule has 5 heteroatoms. The Morgan fingerprint density at radius 3 is 2.38 bits per heavy atom. The van der Waals surface area contributed by atoms with Crippen LogP contribution in [0.1, 0.15) is 11.1 Å². The van der Waals surface area contributed by atoms with Crippen molar-refractivity contribution in [3.8, 4) is 5.75 Å². The van der Waals surface area contributed by atoms with Crippen molar-refractivity contribution in [2.45, 2.75) is 18.9 Å². The summed E-state index contributed by atoms with van der Waals surface area (Å²) >= 11 is 0. The van der Waals surface area contributed by atoms with E-state index < -0.39 is 23.6 Å². The Kier molecular flexibility index (Phi) is 4.85. The summed E-state index contributed by atoms with van der Waals surface area (Å²) in [4.78, 5) is 0. The van der Waals surface area contributed by atoms with E-state index in [0.29, 0.717) is 5.56 Å². The molecule has 21 heavy (non-hydrogen) atoms. The number of aliphatic hydroxyl groups excluding tert-OH is 1. The highest BCUT2D eigenvalue weighted by atomic mass is 19.1. The second-order valence-electron chi connectivity index (χ2n) is 4.77. The minimum Gasteiger partial charge on any atom is -0.494 e. The van der Waals surface area contributed by atoms with E-state index >= 15 is 0 Å². The van der Waals surface area contributed by atoms with Gasteiger partial charge in [-0.2, -0.15) is 0 Å². The van der Waals surface area contributed by atoms with Gasteiger partial charge in [-0.05, 0) is 35.7 Å². The van der Waals surface area contributed by atoms with Gasteiger partial charge < -0.3 is 9.84 Å². The lowest BCUT2D eigenvalue weighted by Gasteiger charge is -2.12. The topological polar surface area (TPSA) is 29.5 Å². The van der Waals surface area contributed by atoms with Crippen molar-refractivity contribution in [3.63, 3.8) is 0 Å². The second-order valence-corrected chi connectivity index (χ2v) is 4.77. The number of rotatable bonds is 5. The largest absolute Gasteiger partial charge is 0.494 e. The molecule has 0 aliphatic carbocycles.